The molecule has 6 heteroatoms. The van der Waals surface area contributed by atoms with Crippen molar-refractivity contribution in [3.05, 3.63) is 18.0 Å². The second-order valence-electron chi connectivity index (χ2n) is 4.87. The molecule has 6 nitrogen and oxygen atoms in total. The smallest absolute Gasteiger partial charge is 0.292 e. The van der Waals surface area contributed by atoms with Crippen molar-refractivity contribution in [3.8, 4) is 0 Å². The van der Waals surface area contributed by atoms with Crippen LogP contribution in [0.4, 0.5) is 0 Å². The van der Waals surface area contributed by atoms with Gasteiger partial charge in [-0.05, 0) is 6.42 Å². The highest BCUT2D eigenvalue weighted by molar-refractivity contribution is 5.91. The van der Waals surface area contributed by atoms with E-state index in [1.54, 1.807) is 13.2 Å². The third-order valence-electron chi connectivity index (χ3n) is 3.85. The van der Waals surface area contributed by atoms with Crippen LogP contribution in [0.2, 0.25) is 0 Å². The minimum atomic E-state index is -0.0620. The van der Waals surface area contributed by atoms with E-state index >= 15 is 0 Å². The summed E-state index contributed by atoms with van der Waals surface area (Å²) in [5.74, 6) is 0.262. The second kappa shape index (κ2) is 4.70. The molecule has 1 amide bonds. The zero-order valence-electron chi connectivity index (χ0n) is 10.4. The Hall–Kier alpha value is -1.40. The van der Waals surface area contributed by atoms with Gasteiger partial charge >= 0.3 is 0 Å². The zero-order valence-corrected chi connectivity index (χ0v) is 10.4. The Balaban J connectivity index is 1.66. The lowest BCUT2D eigenvalue weighted by molar-refractivity contribution is 0.0528. The van der Waals surface area contributed by atoms with E-state index < -0.39 is 0 Å². The van der Waals surface area contributed by atoms with Crippen LogP contribution in [0.3, 0.4) is 0 Å². The standard InChI is InChI=1S/C12H17N3O3/c1-17-10-6-9-7-15(5-4-14(9)8-10)12(16)11-2-3-13-18-11/h2-3,9-10H,4-8H2,1H3/t9-,10+/m1/s1. The molecule has 0 bridgehead atoms. The molecule has 3 heterocycles. The number of ether oxygens (including phenoxy) is 1. The number of hydrogen-bond donors (Lipinski definition) is 0. The van der Waals surface area contributed by atoms with Crippen molar-refractivity contribution in [2.24, 2.45) is 0 Å². The summed E-state index contributed by atoms with van der Waals surface area (Å²) in [5, 5.41) is 3.58. The SMILES string of the molecule is CO[C@H]1C[C@@H]2CN(C(=O)c3ccno3)CCN2C1. The Bertz CT molecular complexity index is 420. The highest BCUT2D eigenvalue weighted by atomic mass is 16.5. The van der Waals surface area contributed by atoms with Crippen LogP contribution in [0, 0.1) is 0 Å². The van der Waals surface area contributed by atoms with E-state index in [1.165, 1.54) is 6.20 Å². The normalized spacial score (nSPS) is 28.4. The van der Waals surface area contributed by atoms with Crippen LogP contribution in [0.1, 0.15) is 17.0 Å². The Morgan fingerprint density at radius 1 is 1.50 bits per heavy atom. The Kier molecular flexibility index (Phi) is 3.05. The topological polar surface area (TPSA) is 58.8 Å². The molecule has 3 rings (SSSR count). The van der Waals surface area contributed by atoms with Crippen LogP contribution >= 0.6 is 0 Å². The van der Waals surface area contributed by atoms with Gasteiger partial charge in [-0.3, -0.25) is 9.69 Å². The zero-order chi connectivity index (χ0) is 12.5. The molecule has 0 unspecified atom stereocenters. The first kappa shape index (κ1) is 11.7. The number of carbonyl (C=O) groups excluding carboxylic acids is 1. The largest absolute Gasteiger partial charge is 0.380 e. The van der Waals surface area contributed by atoms with Crippen molar-refractivity contribution in [1.82, 2.24) is 15.0 Å². The van der Waals surface area contributed by atoms with Gasteiger partial charge in [0.1, 0.15) is 0 Å². The highest BCUT2D eigenvalue weighted by Gasteiger charge is 2.38. The first-order chi connectivity index (χ1) is 8.78. The number of carbonyl (C=O) groups is 1. The van der Waals surface area contributed by atoms with Crippen molar-refractivity contribution in [2.45, 2.75) is 18.6 Å². The summed E-state index contributed by atoms with van der Waals surface area (Å²) in [6, 6.07) is 2.02. The minimum Gasteiger partial charge on any atom is -0.380 e. The van der Waals surface area contributed by atoms with Gasteiger partial charge in [-0.1, -0.05) is 5.16 Å². The molecule has 2 fully saturated rings. The molecule has 0 aromatic carbocycles. The summed E-state index contributed by atoms with van der Waals surface area (Å²) >= 11 is 0. The Labute approximate surface area is 105 Å². The van der Waals surface area contributed by atoms with Crippen molar-refractivity contribution in [3.63, 3.8) is 0 Å². The van der Waals surface area contributed by atoms with Crippen LogP contribution in [-0.4, -0.2) is 66.3 Å². The predicted molar refractivity (Wildman–Crippen MR) is 63.2 cm³/mol. The van der Waals surface area contributed by atoms with Crippen LogP contribution in [0.5, 0.6) is 0 Å². The molecule has 2 saturated heterocycles. The number of rotatable bonds is 2. The van der Waals surface area contributed by atoms with Gasteiger partial charge in [0.25, 0.3) is 5.91 Å². The van der Waals surface area contributed by atoms with Gasteiger partial charge in [-0.25, -0.2) is 0 Å². The molecule has 0 spiro atoms. The lowest BCUT2D eigenvalue weighted by Gasteiger charge is -2.36. The van der Waals surface area contributed by atoms with Gasteiger partial charge in [-0.2, -0.15) is 0 Å². The van der Waals surface area contributed by atoms with E-state index in [0.29, 0.717) is 17.9 Å². The van der Waals surface area contributed by atoms with E-state index in [4.69, 9.17) is 9.26 Å². The maximum absolute atomic E-state index is 12.1. The molecule has 0 N–H and O–H groups in total. The molecule has 2 aliphatic rings. The fraction of sp³-hybridized carbons (Fsp3) is 0.667. The van der Waals surface area contributed by atoms with E-state index in [0.717, 1.165) is 32.6 Å². The average Bonchev–Trinajstić information content (AvgIpc) is 3.05. The summed E-state index contributed by atoms with van der Waals surface area (Å²) in [4.78, 5) is 16.4. The number of nitrogens with zero attached hydrogens (tertiary/aromatic N) is 3. The van der Waals surface area contributed by atoms with Gasteiger partial charge in [0.15, 0.2) is 0 Å². The molecule has 2 atom stereocenters. The Morgan fingerprint density at radius 2 is 2.39 bits per heavy atom. The second-order valence-corrected chi connectivity index (χ2v) is 4.87. The fourth-order valence-electron chi connectivity index (χ4n) is 2.83. The number of hydrogen-bond acceptors (Lipinski definition) is 5. The molecule has 1 aromatic heterocycles. The number of amides is 1. The minimum absolute atomic E-state index is 0.0620. The monoisotopic (exact) mass is 251 g/mol. The summed E-state index contributed by atoms with van der Waals surface area (Å²) in [7, 11) is 1.75. The van der Waals surface area contributed by atoms with Crippen LogP contribution < -0.4 is 0 Å². The van der Waals surface area contributed by atoms with Crippen LogP contribution in [0.25, 0.3) is 0 Å². The maximum Gasteiger partial charge on any atom is 0.292 e. The molecule has 98 valence electrons. The summed E-state index contributed by atoms with van der Waals surface area (Å²) in [6.07, 6.45) is 2.80. The lowest BCUT2D eigenvalue weighted by atomic mass is 10.1. The summed E-state index contributed by atoms with van der Waals surface area (Å²) in [5.41, 5.74) is 0. The molecule has 0 aliphatic carbocycles. The first-order valence-electron chi connectivity index (χ1n) is 6.24. The summed E-state index contributed by atoms with van der Waals surface area (Å²) < 4.78 is 10.3. The molecular weight excluding hydrogens is 234 g/mol. The molecule has 2 aliphatic heterocycles. The van der Waals surface area contributed by atoms with E-state index in [2.05, 4.69) is 10.1 Å². The third kappa shape index (κ3) is 2.02. The highest BCUT2D eigenvalue weighted by Crippen LogP contribution is 2.24. The number of piperazine rings is 1. The Morgan fingerprint density at radius 3 is 3.11 bits per heavy atom. The molecular formula is C12H17N3O3. The first-order valence-corrected chi connectivity index (χ1v) is 6.24. The predicted octanol–water partition coefficient (Wildman–Crippen LogP) is 0.220. The molecule has 0 radical (unpaired) electrons. The van der Waals surface area contributed by atoms with Crippen molar-refractivity contribution < 1.29 is 14.1 Å². The van der Waals surface area contributed by atoms with Gasteiger partial charge < -0.3 is 14.2 Å². The van der Waals surface area contributed by atoms with Crippen molar-refractivity contribution in [2.75, 3.05) is 33.3 Å². The average molecular weight is 251 g/mol. The lowest BCUT2D eigenvalue weighted by Crippen LogP contribution is -2.52. The quantitative estimate of drug-likeness (QED) is 0.752. The number of methoxy groups -OCH3 is 1. The molecule has 1 aromatic rings. The fourth-order valence-corrected chi connectivity index (χ4v) is 2.83. The van der Waals surface area contributed by atoms with Crippen molar-refractivity contribution in [1.29, 1.82) is 0 Å². The van der Waals surface area contributed by atoms with E-state index in [1.807, 2.05) is 4.90 Å². The molecule has 0 saturated carbocycles. The summed E-state index contributed by atoms with van der Waals surface area (Å²) in [6.45, 7) is 3.38. The van der Waals surface area contributed by atoms with Gasteiger partial charge in [0.2, 0.25) is 5.76 Å². The van der Waals surface area contributed by atoms with E-state index in [9.17, 15) is 4.79 Å². The van der Waals surface area contributed by atoms with Gasteiger partial charge in [0, 0.05) is 45.4 Å². The van der Waals surface area contributed by atoms with Gasteiger partial charge in [0.05, 0.1) is 12.3 Å². The number of aromatic nitrogens is 1. The third-order valence-corrected chi connectivity index (χ3v) is 3.85. The van der Waals surface area contributed by atoms with Crippen molar-refractivity contribution >= 4 is 5.91 Å². The van der Waals surface area contributed by atoms with Crippen LogP contribution in [0.15, 0.2) is 16.8 Å². The van der Waals surface area contributed by atoms with E-state index in [-0.39, 0.29) is 5.91 Å². The molecule has 18 heavy (non-hydrogen) atoms. The van der Waals surface area contributed by atoms with Gasteiger partial charge in [-0.15, -0.1) is 0 Å². The maximum atomic E-state index is 12.1. The van der Waals surface area contributed by atoms with Crippen LogP contribution in [-0.2, 0) is 4.74 Å². The number of fused-ring (bicyclic) bond motifs is 1.